The van der Waals surface area contributed by atoms with E-state index in [1.54, 1.807) is 11.6 Å². The van der Waals surface area contributed by atoms with Crippen molar-refractivity contribution >= 4 is 35.2 Å². The van der Waals surface area contributed by atoms with Crippen molar-refractivity contribution in [3.63, 3.8) is 0 Å². The van der Waals surface area contributed by atoms with Gasteiger partial charge in [0, 0.05) is 18.6 Å². The van der Waals surface area contributed by atoms with Gasteiger partial charge in [-0.05, 0) is 24.1 Å². The predicted octanol–water partition coefficient (Wildman–Crippen LogP) is 1.50. The smallest absolute Gasteiger partial charge is 0.230 e. The molecule has 1 aromatic carbocycles. The van der Waals surface area contributed by atoms with E-state index in [9.17, 15) is 4.79 Å². The first-order valence-corrected chi connectivity index (χ1v) is 7.71. The Morgan fingerprint density at radius 3 is 2.95 bits per heavy atom. The molecule has 2 aromatic rings. The summed E-state index contributed by atoms with van der Waals surface area (Å²) in [6.45, 7) is 0.570. The second-order valence-electron chi connectivity index (χ2n) is 4.42. The molecule has 0 atom stereocenters. The summed E-state index contributed by atoms with van der Waals surface area (Å²) in [5.41, 5.74) is 6.66. The quantitative estimate of drug-likeness (QED) is 0.786. The number of aromatic nitrogens is 3. The minimum Gasteiger partial charge on any atom is -0.368 e. The highest BCUT2D eigenvalue weighted by atomic mass is 35.5. The molecule has 0 unspecified atom stereocenters. The molecular weight excluding hydrogens is 310 g/mol. The van der Waals surface area contributed by atoms with Crippen molar-refractivity contribution in [3.8, 4) is 0 Å². The van der Waals surface area contributed by atoms with Crippen LogP contribution >= 0.6 is 23.4 Å². The number of thioether (sulfide) groups is 1. The Labute approximate surface area is 132 Å². The number of nitrogens with one attached hydrogen (secondary N) is 1. The van der Waals surface area contributed by atoms with Crippen molar-refractivity contribution in [1.29, 1.82) is 0 Å². The van der Waals surface area contributed by atoms with Gasteiger partial charge in [-0.25, -0.2) is 0 Å². The largest absolute Gasteiger partial charge is 0.368 e. The molecule has 2 rings (SSSR count). The fourth-order valence-electron chi connectivity index (χ4n) is 1.67. The lowest BCUT2D eigenvalue weighted by Crippen LogP contribution is -2.27. The molecule has 1 heterocycles. The van der Waals surface area contributed by atoms with E-state index in [2.05, 4.69) is 15.5 Å². The van der Waals surface area contributed by atoms with Crippen molar-refractivity contribution in [3.05, 3.63) is 34.9 Å². The number of nitrogen functional groups attached to an aromatic ring is 1. The second-order valence-corrected chi connectivity index (χ2v) is 5.80. The number of hydrogen-bond acceptors (Lipinski definition) is 5. The summed E-state index contributed by atoms with van der Waals surface area (Å²) in [4.78, 5) is 11.7. The average molecular weight is 326 g/mol. The third-order valence-corrected chi connectivity index (χ3v) is 4.08. The first-order chi connectivity index (χ1) is 10.1. The van der Waals surface area contributed by atoms with Crippen LogP contribution in [0.5, 0.6) is 0 Å². The fourth-order valence-corrected chi connectivity index (χ4v) is 2.63. The Kier molecular flexibility index (Phi) is 5.46. The number of carbonyl (C=O) groups excluding carboxylic acids is 1. The number of halogens is 1. The molecule has 1 amide bonds. The highest BCUT2D eigenvalue weighted by Gasteiger charge is 2.09. The molecule has 0 aliphatic heterocycles. The van der Waals surface area contributed by atoms with Gasteiger partial charge in [0.2, 0.25) is 11.9 Å². The number of nitrogens with zero attached hydrogens (tertiary/aromatic N) is 3. The number of amides is 1. The van der Waals surface area contributed by atoms with Crippen LogP contribution in [0.15, 0.2) is 29.4 Å². The van der Waals surface area contributed by atoms with Crippen LogP contribution in [0.4, 0.5) is 5.95 Å². The van der Waals surface area contributed by atoms with E-state index < -0.39 is 0 Å². The van der Waals surface area contributed by atoms with Gasteiger partial charge in [0.05, 0.1) is 5.75 Å². The van der Waals surface area contributed by atoms with Crippen LogP contribution in [-0.4, -0.2) is 33.0 Å². The molecule has 0 spiro atoms. The number of carbonyl (C=O) groups is 1. The molecule has 0 saturated heterocycles. The average Bonchev–Trinajstić information content (AvgIpc) is 2.77. The molecule has 8 heteroatoms. The van der Waals surface area contributed by atoms with E-state index in [1.807, 2.05) is 24.3 Å². The molecular formula is C13H16ClN5OS. The maximum Gasteiger partial charge on any atom is 0.230 e. The lowest BCUT2D eigenvalue weighted by Gasteiger charge is -2.05. The molecule has 0 radical (unpaired) electrons. The van der Waals surface area contributed by atoms with Gasteiger partial charge in [-0.2, -0.15) is 0 Å². The number of anilines is 1. The maximum atomic E-state index is 11.7. The zero-order valence-corrected chi connectivity index (χ0v) is 13.1. The van der Waals surface area contributed by atoms with Crippen molar-refractivity contribution in [2.24, 2.45) is 7.05 Å². The minimum absolute atomic E-state index is 0.0522. The molecule has 6 nitrogen and oxygen atoms in total. The van der Waals surface area contributed by atoms with E-state index >= 15 is 0 Å². The van der Waals surface area contributed by atoms with E-state index in [1.165, 1.54) is 11.8 Å². The Balaban J connectivity index is 1.71. The highest BCUT2D eigenvalue weighted by molar-refractivity contribution is 7.99. The fraction of sp³-hybridized carbons (Fsp3) is 0.308. The predicted molar refractivity (Wildman–Crippen MR) is 84.3 cm³/mol. The Morgan fingerprint density at radius 2 is 2.29 bits per heavy atom. The van der Waals surface area contributed by atoms with Crippen LogP contribution in [0.3, 0.4) is 0 Å². The van der Waals surface area contributed by atoms with Gasteiger partial charge in [-0.3, -0.25) is 9.36 Å². The lowest BCUT2D eigenvalue weighted by atomic mass is 10.1. The van der Waals surface area contributed by atoms with E-state index in [0.29, 0.717) is 22.7 Å². The summed E-state index contributed by atoms with van der Waals surface area (Å²) < 4.78 is 1.64. The normalized spacial score (nSPS) is 10.6. The number of hydrogen-bond donors (Lipinski definition) is 2. The van der Waals surface area contributed by atoms with Gasteiger partial charge in [-0.1, -0.05) is 35.5 Å². The van der Waals surface area contributed by atoms with Gasteiger partial charge in [0.25, 0.3) is 0 Å². The Hall–Kier alpha value is -1.73. The molecule has 0 fully saturated rings. The van der Waals surface area contributed by atoms with Crippen LogP contribution in [-0.2, 0) is 18.3 Å². The molecule has 112 valence electrons. The molecule has 0 aliphatic rings. The van der Waals surface area contributed by atoms with Crippen LogP contribution in [0.1, 0.15) is 5.56 Å². The van der Waals surface area contributed by atoms with E-state index in [4.69, 9.17) is 17.3 Å². The third kappa shape index (κ3) is 4.64. The minimum atomic E-state index is -0.0522. The van der Waals surface area contributed by atoms with Crippen LogP contribution in [0.25, 0.3) is 0 Å². The number of nitrogens with two attached hydrogens (primary N) is 1. The van der Waals surface area contributed by atoms with Gasteiger partial charge >= 0.3 is 0 Å². The Bertz CT molecular complexity index is 631. The summed E-state index contributed by atoms with van der Waals surface area (Å²) >= 11 is 7.21. The zero-order chi connectivity index (χ0) is 15.2. The third-order valence-electron chi connectivity index (χ3n) is 2.83. The Morgan fingerprint density at radius 1 is 1.48 bits per heavy atom. The first kappa shape index (κ1) is 15.7. The topological polar surface area (TPSA) is 85.8 Å². The summed E-state index contributed by atoms with van der Waals surface area (Å²) in [6, 6.07) is 7.60. The van der Waals surface area contributed by atoms with Gasteiger partial charge in [-0.15, -0.1) is 10.2 Å². The van der Waals surface area contributed by atoms with Gasteiger partial charge in [0.15, 0.2) is 5.16 Å². The second kappa shape index (κ2) is 7.33. The van der Waals surface area contributed by atoms with Crippen LogP contribution in [0, 0.1) is 0 Å². The van der Waals surface area contributed by atoms with Crippen LogP contribution < -0.4 is 11.1 Å². The number of rotatable bonds is 6. The molecule has 0 bridgehead atoms. The summed E-state index contributed by atoms with van der Waals surface area (Å²) in [7, 11) is 1.76. The molecule has 1 aromatic heterocycles. The van der Waals surface area contributed by atoms with Crippen molar-refractivity contribution < 1.29 is 4.79 Å². The highest BCUT2D eigenvalue weighted by Crippen LogP contribution is 2.15. The summed E-state index contributed by atoms with van der Waals surface area (Å²) in [5, 5.41) is 11.8. The molecule has 3 N–H and O–H groups in total. The molecule has 0 aliphatic carbocycles. The monoisotopic (exact) mass is 325 g/mol. The molecule has 0 saturated carbocycles. The molecule has 21 heavy (non-hydrogen) atoms. The van der Waals surface area contributed by atoms with Crippen LogP contribution in [0.2, 0.25) is 5.02 Å². The number of benzene rings is 1. The summed E-state index contributed by atoms with van der Waals surface area (Å²) in [5.74, 6) is 0.559. The lowest BCUT2D eigenvalue weighted by molar-refractivity contribution is -0.118. The first-order valence-electron chi connectivity index (χ1n) is 6.35. The SMILES string of the molecule is Cn1c(N)nnc1SCC(=O)NCCc1cccc(Cl)c1. The van der Waals surface area contributed by atoms with Crippen molar-refractivity contribution in [2.45, 2.75) is 11.6 Å². The van der Waals surface area contributed by atoms with E-state index in [0.717, 1.165) is 12.0 Å². The zero-order valence-electron chi connectivity index (χ0n) is 11.5. The maximum absolute atomic E-state index is 11.7. The standard InChI is InChI=1S/C13H16ClN5OS/c1-19-12(15)17-18-13(19)21-8-11(20)16-6-5-9-3-2-4-10(14)7-9/h2-4,7H,5-6,8H2,1H3,(H2,15,17)(H,16,20). The van der Waals surface area contributed by atoms with Crippen molar-refractivity contribution in [2.75, 3.05) is 18.0 Å². The van der Waals surface area contributed by atoms with Crippen molar-refractivity contribution in [1.82, 2.24) is 20.1 Å². The van der Waals surface area contributed by atoms with Gasteiger partial charge in [0.1, 0.15) is 0 Å². The van der Waals surface area contributed by atoms with E-state index in [-0.39, 0.29) is 11.7 Å². The summed E-state index contributed by atoms with van der Waals surface area (Å²) in [6.07, 6.45) is 0.744. The van der Waals surface area contributed by atoms with Gasteiger partial charge < -0.3 is 11.1 Å².